The fourth-order valence-electron chi connectivity index (χ4n) is 2.59. The van der Waals surface area contributed by atoms with E-state index in [-0.39, 0.29) is 0 Å². The average molecular weight is 366 g/mol. The zero-order valence-corrected chi connectivity index (χ0v) is 14.6. The maximum atomic E-state index is 6.02. The number of hydrogen-bond donors (Lipinski definition) is 0. The first-order chi connectivity index (χ1) is 12.2. The predicted octanol–water partition coefficient (Wildman–Crippen LogP) is 5.91. The molecular formula is C20H13Cl2N3. The Morgan fingerprint density at radius 2 is 1.04 bits per heavy atom. The van der Waals surface area contributed by atoms with Crippen molar-refractivity contribution in [1.82, 2.24) is 15.0 Å². The van der Waals surface area contributed by atoms with Crippen molar-refractivity contribution in [2.45, 2.75) is 0 Å². The molecule has 0 saturated heterocycles. The Kier molecular flexibility index (Phi) is 4.26. The third-order valence-corrected chi connectivity index (χ3v) is 4.34. The lowest BCUT2D eigenvalue weighted by Gasteiger charge is -2.01. The molecule has 0 atom stereocenters. The van der Waals surface area contributed by atoms with Crippen molar-refractivity contribution in [2.75, 3.05) is 0 Å². The first kappa shape index (κ1) is 15.9. The van der Waals surface area contributed by atoms with Gasteiger partial charge in [0.05, 0.1) is 5.69 Å². The minimum Gasteiger partial charge on any atom is -0.150 e. The van der Waals surface area contributed by atoms with Crippen LogP contribution < -0.4 is 0 Å². The highest BCUT2D eigenvalue weighted by Crippen LogP contribution is 2.30. The van der Waals surface area contributed by atoms with Crippen LogP contribution in [0, 0.1) is 0 Å². The molecule has 0 aliphatic heterocycles. The lowest BCUT2D eigenvalue weighted by molar-refractivity contribution is 0.756. The van der Waals surface area contributed by atoms with Gasteiger partial charge in [-0.1, -0.05) is 65.7 Å². The van der Waals surface area contributed by atoms with E-state index >= 15 is 0 Å². The number of halogens is 2. The lowest BCUT2D eigenvalue weighted by atomic mass is 10.1. The second-order valence-electron chi connectivity index (χ2n) is 5.54. The molecule has 0 aliphatic carbocycles. The lowest BCUT2D eigenvalue weighted by Crippen LogP contribution is -1.98. The predicted molar refractivity (Wildman–Crippen MR) is 102 cm³/mol. The molecule has 0 radical (unpaired) electrons. The zero-order chi connectivity index (χ0) is 17.2. The SMILES string of the molecule is Clc1ccc(-c2nn(-c3ccc(Cl)cc3)nc2-c2ccccc2)cc1. The Balaban J connectivity index is 1.89. The van der Waals surface area contributed by atoms with Crippen molar-refractivity contribution in [3.63, 3.8) is 0 Å². The van der Waals surface area contributed by atoms with E-state index in [1.165, 1.54) is 0 Å². The van der Waals surface area contributed by atoms with Gasteiger partial charge in [-0.2, -0.15) is 4.80 Å². The molecule has 0 bridgehead atoms. The van der Waals surface area contributed by atoms with Crippen LogP contribution in [0.1, 0.15) is 0 Å². The van der Waals surface area contributed by atoms with E-state index in [1.54, 1.807) is 4.80 Å². The molecule has 3 nitrogen and oxygen atoms in total. The van der Waals surface area contributed by atoms with Gasteiger partial charge in [0.2, 0.25) is 0 Å². The Bertz CT molecular complexity index is 992. The van der Waals surface area contributed by atoms with Gasteiger partial charge in [0.25, 0.3) is 0 Å². The summed E-state index contributed by atoms with van der Waals surface area (Å²) >= 11 is 12.0. The smallest absolute Gasteiger partial charge is 0.121 e. The number of benzene rings is 3. The Labute approximate surface area is 155 Å². The summed E-state index contributed by atoms with van der Waals surface area (Å²) in [5.74, 6) is 0. The van der Waals surface area contributed by atoms with E-state index in [2.05, 4.69) is 0 Å². The van der Waals surface area contributed by atoms with Crippen molar-refractivity contribution in [1.29, 1.82) is 0 Å². The summed E-state index contributed by atoms with van der Waals surface area (Å²) < 4.78 is 0. The van der Waals surface area contributed by atoms with Crippen molar-refractivity contribution in [3.05, 3.63) is 88.9 Å². The van der Waals surface area contributed by atoms with Crippen molar-refractivity contribution >= 4 is 23.2 Å². The van der Waals surface area contributed by atoms with Crippen molar-refractivity contribution in [2.24, 2.45) is 0 Å². The maximum absolute atomic E-state index is 6.02. The summed E-state index contributed by atoms with van der Waals surface area (Å²) in [6, 6.07) is 25.0. The van der Waals surface area contributed by atoms with Gasteiger partial charge in [-0.05, 0) is 36.4 Å². The number of hydrogen-bond acceptors (Lipinski definition) is 2. The van der Waals surface area contributed by atoms with Crippen molar-refractivity contribution in [3.8, 4) is 28.2 Å². The third kappa shape index (κ3) is 3.29. The fourth-order valence-corrected chi connectivity index (χ4v) is 2.84. The molecule has 5 heteroatoms. The minimum absolute atomic E-state index is 0.678. The largest absolute Gasteiger partial charge is 0.150 e. The average Bonchev–Trinajstić information content (AvgIpc) is 3.09. The molecule has 1 aromatic heterocycles. The van der Waals surface area contributed by atoms with E-state index in [0.717, 1.165) is 28.2 Å². The molecule has 0 aliphatic rings. The van der Waals surface area contributed by atoms with E-state index in [9.17, 15) is 0 Å². The molecule has 0 unspecified atom stereocenters. The Morgan fingerprint density at radius 3 is 1.60 bits per heavy atom. The molecule has 122 valence electrons. The Hall–Kier alpha value is -2.62. The molecule has 0 amide bonds. The van der Waals surface area contributed by atoms with Crippen LogP contribution in [0.3, 0.4) is 0 Å². The van der Waals surface area contributed by atoms with Crippen LogP contribution in [0.5, 0.6) is 0 Å². The molecule has 25 heavy (non-hydrogen) atoms. The first-order valence-corrected chi connectivity index (χ1v) is 8.51. The van der Waals surface area contributed by atoms with Crippen LogP contribution in [0.4, 0.5) is 0 Å². The van der Waals surface area contributed by atoms with Crippen molar-refractivity contribution < 1.29 is 0 Å². The quantitative estimate of drug-likeness (QED) is 0.451. The summed E-state index contributed by atoms with van der Waals surface area (Å²) in [5, 5.41) is 10.8. The molecule has 0 saturated carbocycles. The molecule has 0 spiro atoms. The summed E-state index contributed by atoms with van der Waals surface area (Å²) in [4.78, 5) is 1.63. The van der Waals surface area contributed by atoms with Crippen LogP contribution in [-0.4, -0.2) is 15.0 Å². The molecule has 0 fully saturated rings. The van der Waals surface area contributed by atoms with Gasteiger partial charge >= 0.3 is 0 Å². The van der Waals surface area contributed by atoms with Crippen LogP contribution in [-0.2, 0) is 0 Å². The highest BCUT2D eigenvalue weighted by Gasteiger charge is 2.15. The first-order valence-electron chi connectivity index (χ1n) is 7.75. The van der Waals surface area contributed by atoms with Crippen LogP contribution in [0.2, 0.25) is 10.0 Å². The molecule has 1 heterocycles. The maximum Gasteiger partial charge on any atom is 0.121 e. The minimum atomic E-state index is 0.678. The fraction of sp³-hybridized carbons (Fsp3) is 0. The monoisotopic (exact) mass is 365 g/mol. The molecule has 3 aromatic carbocycles. The standard InChI is InChI=1S/C20H13Cl2N3/c21-16-8-6-15(7-9-16)20-19(14-4-2-1-3-5-14)23-25(24-20)18-12-10-17(22)11-13-18/h1-13H. The Morgan fingerprint density at radius 1 is 0.560 bits per heavy atom. The normalized spacial score (nSPS) is 10.8. The van der Waals surface area contributed by atoms with E-state index < -0.39 is 0 Å². The highest BCUT2D eigenvalue weighted by molar-refractivity contribution is 6.30. The summed E-state index contributed by atoms with van der Waals surface area (Å²) in [5.41, 5.74) is 4.44. The molecular weight excluding hydrogens is 353 g/mol. The molecule has 4 aromatic rings. The van der Waals surface area contributed by atoms with Gasteiger partial charge in [0.15, 0.2) is 0 Å². The van der Waals surface area contributed by atoms with Gasteiger partial charge < -0.3 is 0 Å². The zero-order valence-electron chi connectivity index (χ0n) is 13.1. The van der Waals surface area contributed by atoms with E-state index in [4.69, 9.17) is 33.4 Å². The van der Waals surface area contributed by atoms with E-state index in [0.29, 0.717) is 10.0 Å². The van der Waals surface area contributed by atoms with E-state index in [1.807, 2.05) is 78.9 Å². The number of aromatic nitrogens is 3. The van der Waals surface area contributed by atoms with Crippen LogP contribution in [0.25, 0.3) is 28.2 Å². The summed E-state index contributed by atoms with van der Waals surface area (Å²) in [6.07, 6.45) is 0. The summed E-state index contributed by atoms with van der Waals surface area (Å²) in [7, 11) is 0. The highest BCUT2D eigenvalue weighted by atomic mass is 35.5. The summed E-state index contributed by atoms with van der Waals surface area (Å²) in [6.45, 7) is 0. The van der Waals surface area contributed by atoms with Gasteiger partial charge in [-0.15, -0.1) is 10.2 Å². The van der Waals surface area contributed by atoms with Gasteiger partial charge in [0.1, 0.15) is 11.4 Å². The van der Waals surface area contributed by atoms with Gasteiger partial charge in [-0.25, -0.2) is 0 Å². The third-order valence-electron chi connectivity index (χ3n) is 3.84. The van der Waals surface area contributed by atoms with Crippen LogP contribution >= 0.6 is 23.2 Å². The topological polar surface area (TPSA) is 30.7 Å². The second kappa shape index (κ2) is 6.71. The second-order valence-corrected chi connectivity index (χ2v) is 6.41. The van der Waals surface area contributed by atoms with Gasteiger partial charge in [0, 0.05) is 21.2 Å². The number of rotatable bonds is 3. The molecule has 0 N–H and O–H groups in total. The van der Waals surface area contributed by atoms with Gasteiger partial charge in [-0.3, -0.25) is 0 Å². The van der Waals surface area contributed by atoms with Crippen LogP contribution in [0.15, 0.2) is 78.9 Å². The number of nitrogens with zero attached hydrogens (tertiary/aromatic N) is 3. The molecule has 4 rings (SSSR count).